The Morgan fingerprint density at radius 1 is 1.09 bits per heavy atom. The van der Waals surface area contributed by atoms with E-state index in [0.29, 0.717) is 11.8 Å². The molecular formula is C20H22O2W. The van der Waals surface area contributed by atoms with Gasteiger partial charge in [-0.1, -0.05) is 0 Å². The summed E-state index contributed by atoms with van der Waals surface area (Å²) in [4.78, 5) is 11.6. The van der Waals surface area contributed by atoms with Crippen LogP contribution < -0.4 is 0 Å². The van der Waals surface area contributed by atoms with E-state index in [1.807, 2.05) is 24.3 Å². The number of benzene rings is 1. The summed E-state index contributed by atoms with van der Waals surface area (Å²) in [6.45, 7) is 2.16. The standard InChI is InChI=1S/C20H22O2.W/c1-19(8-7-14-5-3-2-4-6-14)20(22-21-19)17-10-15-9-16(12-17)13-18(20)11-15;/h2-5,7,15-18H,9-13H2,1H3;/q-2;+2. The van der Waals surface area contributed by atoms with Crippen LogP contribution in [0, 0.1) is 35.8 Å². The summed E-state index contributed by atoms with van der Waals surface area (Å²) in [5.74, 6) is 3.19. The molecule has 1 unspecified atom stereocenters. The van der Waals surface area contributed by atoms with Gasteiger partial charge in [0.1, 0.15) is 5.60 Å². The van der Waals surface area contributed by atoms with E-state index in [9.17, 15) is 0 Å². The second-order valence-electron chi connectivity index (χ2n) is 7.90. The summed E-state index contributed by atoms with van der Waals surface area (Å²) in [5.41, 5.74) is 0.531. The third-order valence-electron chi connectivity index (χ3n) is 6.68. The van der Waals surface area contributed by atoms with Crippen LogP contribution in [-0.4, -0.2) is 11.2 Å². The zero-order valence-electron chi connectivity index (χ0n) is 13.5. The Balaban J connectivity index is 0.00000135. The molecule has 5 aliphatic rings. The summed E-state index contributed by atoms with van der Waals surface area (Å²) in [6, 6.07) is 11.2. The third-order valence-corrected chi connectivity index (χ3v) is 6.68. The van der Waals surface area contributed by atoms with Gasteiger partial charge in [0, 0.05) is 0 Å². The molecule has 1 saturated heterocycles. The molecule has 1 spiro atoms. The van der Waals surface area contributed by atoms with Crippen molar-refractivity contribution in [3.8, 4) is 0 Å². The van der Waals surface area contributed by atoms with Crippen molar-refractivity contribution in [1.29, 1.82) is 0 Å². The molecule has 1 atom stereocenters. The molecule has 0 radical (unpaired) electrons. The fourth-order valence-electron chi connectivity index (χ4n) is 5.91. The van der Waals surface area contributed by atoms with Gasteiger partial charge >= 0.3 is 21.1 Å². The van der Waals surface area contributed by atoms with Crippen LogP contribution >= 0.6 is 0 Å². The first-order valence-corrected chi connectivity index (χ1v) is 8.64. The van der Waals surface area contributed by atoms with E-state index in [1.165, 1.54) is 32.1 Å². The van der Waals surface area contributed by atoms with Gasteiger partial charge in [-0.15, -0.1) is 6.07 Å². The first-order valence-electron chi connectivity index (χ1n) is 8.64. The van der Waals surface area contributed by atoms with Gasteiger partial charge in [0.25, 0.3) is 0 Å². The first-order chi connectivity index (χ1) is 10.7. The van der Waals surface area contributed by atoms with Crippen molar-refractivity contribution in [3.63, 3.8) is 0 Å². The van der Waals surface area contributed by atoms with E-state index >= 15 is 0 Å². The molecule has 5 fully saturated rings. The zero-order chi connectivity index (χ0) is 14.8. The van der Waals surface area contributed by atoms with E-state index in [4.69, 9.17) is 9.78 Å². The van der Waals surface area contributed by atoms with Crippen LogP contribution in [0.4, 0.5) is 0 Å². The van der Waals surface area contributed by atoms with E-state index < -0.39 is 5.60 Å². The van der Waals surface area contributed by atoms with Crippen LogP contribution in [-0.2, 0) is 30.8 Å². The molecule has 1 aliphatic heterocycles. The van der Waals surface area contributed by atoms with Gasteiger partial charge in [-0.3, -0.25) is 6.08 Å². The average molecular weight is 478 g/mol. The summed E-state index contributed by atoms with van der Waals surface area (Å²) in [7, 11) is 0. The topological polar surface area (TPSA) is 18.5 Å². The van der Waals surface area contributed by atoms with E-state index in [2.05, 4.69) is 25.1 Å². The maximum Gasteiger partial charge on any atom is 2.00 e. The SMILES string of the molecule is CC1([C-]=Cc2[c-]cccc2)OOC12C1CC3CC(C1)CC2C3.[W+2]. The van der Waals surface area contributed by atoms with Gasteiger partial charge in [0.2, 0.25) is 0 Å². The van der Waals surface area contributed by atoms with Gasteiger partial charge in [-0.2, -0.15) is 12.1 Å². The third kappa shape index (κ3) is 2.18. The molecule has 2 nitrogen and oxygen atoms in total. The minimum absolute atomic E-state index is 0. The van der Waals surface area contributed by atoms with Crippen molar-refractivity contribution in [2.45, 2.75) is 50.2 Å². The fraction of sp³-hybridized carbons (Fsp3) is 0.600. The molecule has 1 aromatic carbocycles. The second kappa shape index (κ2) is 5.54. The Morgan fingerprint density at radius 3 is 2.30 bits per heavy atom. The number of hydrogen-bond acceptors (Lipinski definition) is 2. The van der Waals surface area contributed by atoms with Crippen LogP contribution in [0.3, 0.4) is 0 Å². The van der Waals surface area contributed by atoms with Gasteiger partial charge in [-0.05, 0) is 62.7 Å². The smallest absolute Gasteiger partial charge is 0.311 e. The van der Waals surface area contributed by atoms with Crippen LogP contribution in [0.2, 0.25) is 0 Å². The Labute approximate surface area is 152 Å². The molecule has 4 aliphatic carbocycles. The molecule has 0 N–H and O–H groups in total. The number of rotatable bonds is 2. The first kappa shape index (κ1) is 16.1. The summed E-state index contributed by atoms with van der Waals surface area (Å²) in [6.07, 6.45) is 12.3. The summed E-state index contributed by atoms with van der Waals surface area (Å²) < 4.78 is 0. The molecule has 0 aromatic heterocycles. The molecule has 4 bridgehead atoms. The van der Waals surface area contributed by atoms with Gasteiger partial charge < -0.3 is 11.6 Å². The van der Waals surface area contributed by atoms with Crippen molar-refractivity contribution in [3.05, 3.63) is 42.0 Å². The van der Waals surface area contributed by atoms with Crippen molar-refractivity contribution in [1.82, 2.24) is 0 Å². The minimum atomic E-state index is -0.403. The minimum Gasteiger partial charge on any atom is -0.311 e. The summed E-state index contributed by atoms with van der Waals surface area (Å²) in [5, 5.41) is 0. The summed E-state index contributed by atoms with van der Waals surface area (Å²) >= 11 is 0. The molecule has 1 heterocycles. The van der Waals surface area contributed by atoms with E-state index in [1.54, 1.807) is 0 Å². The maximum atomic E-state index is 5.91. The average Bonchev–Trinajstić information content (AvgIpc) is 2.52. The molecular weight excluding hydrogens is 456 g/mol. The Hall–Kier alpha value is -0.432. The van der Waals surface area contributed by atoms with Gasteiger partial charge in [-0.25, -0.2) is 21.9 Å². The molecule has 3 heteroatoms. The van der Waals surface area contributed by atoms with Gasteiger partial charge in [0.05, 0.1) is 5.60 Å². The van der Waals surface area contributed by atoms with Gasteiger partial charge in [0.15, 0.2) is 0 Å². The van der Waals surface area contributed by atoms with Crippen molar-refractivity contribution >= 4 is 6.08 Å². The van der Waals surface area contributed by atoms with Crippen LogP contribution in [0.25, 0.3) is 6.08 Å². The molecule has 4 saturated carbocycles. The molecule has 0 amide bonds. The number of hydrogen-bond donors (Lipinski definition) is 0. The van der Waals surface area contributed by atoms with E-state index in [0.717, 1.165) is 17.4 Å². The Morgan fingerprint density at radius 2 is 1.78 bits per heavy atom. The Bertz CT molecular complexity index is 583. The van der Waals surface area contributed by atoms with Crippen molar-refractivity contribution in [2.75, 3.05) is 0 Å². The monoisotopic (exact) mass is 478 g/mol. The molecule has 23 heavy (non-hydrogen) atoms. The van der Waals surface area contributed by atoms with Crippen LogP contribution in [0.15, 0.2) is 24.3 Å². The Kier molecular flexibility index (Phi) is 3.87. The molecule has 6 rings (SSSR count). The fourth-order valence-corrected chi connectivity index (χ4v) is 5.91. The largest absolute Gasteiger partial charge is 2.00 e. The van der Waals surface area contributed by atoms with Crippen LogP contribution in [0.5, 0.6) is 0 Å². The predicted molar refractivity (Wildman–Crippen MR) is 83.3 cm³/mol. The zero-order valence-corrected chi connectivity index (χ0v) is 16.4. The van der Waals surface area contributed by atoms with E-state index in [-0.39, 0.29) is 26.7 Å². The van der Waals surface area contributed by atoms with Crippen LogP contribution in [0.1, 0.15) is 44.6 Å². The normalized spacial score (nSPS) is 46.8. The molecule has 1 aromatic rings. The predicted octanol–water partition coefficient (Wildman–Crippen LogP) is 4.22. The maximum absolute atomic E-state index is 5.91. The second-order valence-corrected chi connectivity index (χ2v) is 7.90. The van der Waals surface area contributed by atoms with Crippen molar-refractivity contribution in [2.24, 2.45) is 23.7 Å². The van der Waals surface area contributed by atoms with Crippen molar-refractivity contribution < 1.29 is 30.8 Å². The molecule has 120 valence electrons. The quantitative estimate of drug-likeness (QED) is 0.469.